The second-order valence-corrected chi connectivity index (χ2v) is 8.32. The first-order valence-corrected chi connectivity index (χ1v) is 10.8. The van der Waals surface area contributed by atoms with Crippen LogP contribution in [0.4, 0.5) is 0 Å². The van der Waals surface area contributed by atoms with E-state index in [1.807, 2.05) is 85.8 Å². The molecule has 0 fully saturated rings. The summed E-state index contributed by atoms with van der Waals surface area (Å²) in [7, 11) is 0. The molecule has 0 aliphatic rings. The predicted octanol–water partition coefficient (Wildman–Crippen LogP) is 6.24. The van der Waals surface area contributed by atoms with Gasteiger partial charge in [-0.1, -0.05) is 66.2 Å². The number of rotatable bonds is 6. The molecule has 1 unspecified atom stereocenters. The summed E-state index contributed by atoms with van der Waals surface area (Å²) in [5.74, 6) is 0.428. The van der Waals surface area contributed by atoms with E-state index >= 15 is 0 Å². The van der Waals surface area contributed by atoms with Crippen LogP contribution in [0.15, 0.2) is 94.7 Å². The van der Waals surface area contributed by atoms with Crippen LogP contribution in [0.2, 0.25) is 0 Å². The SMILES string of the molecule is Cc1ccc(-c2nnc(SC(C(=O)c3c[nH]c4ccccc34)c3ccccc3)o2)cc1. The van der Waals surface area contributed by atoms with Gasteiger partial charge in [-0.3, -0.25) is 4.79 Å². The minimum atomic E-state index is -0.508. The number of hydrogen-bond donors (Lipinski definition) is 1. The van der Waals surface area contributed by atoms with E-state index < -0.39 is 5.25 Å². The maximum absolute atomic E-state index is 13.6. The second kappa shape index (κ2) is 8.24. The minimum absolute atomic E-state index is 0.0104. The fourth-order valence-corrected chi connectivity index (χ4v) is 4.43. The molecule has 152 valence electrons. The highest BCUT2D eigenvalue weighted by atomic mass is 32.2. The Balaban J connectivity index is 1.49. The lowest BCUT2D eigenvalue weighted by molar-refractivity contribution is 0.0990. The largest absolute Gasteiger partial charge is 0.411 e. The molecule has 0 saturated heterocycles. The van der Waals surface area contributed by atoms with E-state index in [0.29, 0.717) is 16.7 Å². The third-order valence-corrected chi connectivity index (χ3v) is 6.21. The number of fused-ring (bicyclic) bond motifs is 1. The van der Waals surface area contributed by atoms with Crippen molar-refractivity contribution in [1.82, 2.24) is 15.2 Å². The first kappa shape index (κ1) is 19.3. The summed E-state index contributed by atoms with van der Waals surface area (Å²) in [4.78, 5) is 16.8. The van der Waals surface area contributed by atoms with Crippen LogP contribution in [0.1, 0.15) is 26.7 Å². The molecule has 0 aliphatic carbocycles. The maximum Gasteiger partial charge on any atom is 0.277 e. The molecule has 5 rings (SSSR count). The molecule has 0 aliphatic heterocycles. The predicted molar refractivity (Wildman–Crippen MR) is 122 cm³/mol. The van der Waals surface area contributed by atoms with Gasteiger partial charge in [-0.25, -0.2) is 0 Å². The van der Waals surface area contributed by atoms with E-state index in [4.69, 9.17) is 4.42 Å². The zero-order valence-electron chi connectivity index (χ0n) is 16.8. The number of aromatic amines is 1. The van der Waals surface area contributed by atoms with E-state index in [1.54, 1.807) is 6.20 Å². The van der Waals surface area contributed by atoms with Crippen molar-refractivity contribution in [3.63, 3.8) is 0 Å². The van der Waals surface area contributed by atoms with Crippen molar-refractivity contribution < 1.29 is 9.21 Å². The first-order valence-electron chi connectivity index (χ1n) is 9.91. The fourth-order valence-electron chi connectivity index (χ4n) is 3.49. The number of nitrogens with zero attached hydrogens (tertiary/aromatic N) is 2. The van der Waals surface area contributed by atoms with E-state index in [-0.39, 0.29) is 5.78 Å². The van der Waals surface area contributed by atoms with Gasteiger partial charge in [-0.05, 0) is 42.4 Å². The van der Waals surface area contributed by atoms with Gasteiger partial charge in [-0.2, -0.15) is 0 Å². The summed E-state index contributed by atoms with van der Waals surface area (Å²) in [6.45, 7) is 2.03. The zero-order chi connectivity index (χ0) is 21.2. The third-order valence-electron chi connectivity index (χ3n) is 5.12. The summed E-state index contributed by atoms with van der Waals surface area (Å²) >= 11 is 1.27. The van der Waals surface area contributed by atoms with Crippen molar-refractivity contribution in [2.75, 3.05) is 0 Å². The van der Waals surface area contributed by atoms with Crippen LogP contribution in [-0.4, -0.2) is 21.0 Å². The Morgan fingerprint density at radius 2 is 1.68 bits per heavy atom. The Labute approximate surface area is 183 Å². The Morgan fingerprint density at radius 1 is 0.935 bits per heavy atom. The normalized spacial score (nSPS) is 12.2. The van der Waals surface area contributed by atoms with Crippen LogP contribution in [0.25, 0.3) is 22.4 Å². The minimum Gasteiger partial charge on any atom is -0.411 e. The number of Topliss-reactive ketones (excluding diaryl/α,β-unsaturated/α-hetero) is 1. The molecule has 0 bridgehead atoms. The topological polar surface area (TPSA) is 71.8 Å². The molecular formula is C25H19N3O2S. The molecule has 0 radical (unpaired) electrons. The van der Waals surface area contributed by atoms with Gasteiger partial charge in [0.05, 0.1) is 0 Å². The monoisotopic (exact) mass is 425 g/mol. The van der Waals surface area contributed by atoms with Gasteiger partial charge in [0, 0.05) is 28.2 Å². The van der Waals surface area contributed by atoms with Gasteiger partial charge in [-0.15, -0.1) is 10.2 Å². The Morgan fingerprint density at radius 3 is 2.48 bits per heavy atom. The lowest BCUT2D eigenvalue weighted by Gasteiger charge is -2.13. The van der Waals surface area contributed by atoms with Crippen molar-refractivity contribution in [3.8, 4) is 11.5 Å². The molecule has 31 heavy (non-hydrogen) atoms. The number of benzene rings is 3. The van der Waals surface area contributed by atoms with Gasteiger partial charge in [0.1, 0.15) is 5.25 Å². The highest BCUT2D eigenvalue weighted by Crippen LogP contribution is 2.39. The van der Waals surface area contributed by atoms with Crippen molar-refractivity contribution in [2.24, 2.45) is 0 Å². The molecule has 1 N–H and O–H groups in total. The third kappa shape index (κ3) is 3.90. The van der Waals surface area contributed by atoms with E-state index in [0.717, 1.165) is 27.6 Å². The lowest BCUT2D eigenvalue weighted by atomic mass is 10.0. The summed E-state index contributed by atoms with van der Waals surface area (Å²) < 4.78 is 5.90. The van der Waals surface area contributed by atoms with Crippen molar-refractivity contribution in [2.45, 2.75) is 17.4 Å². The van der Waals surface area contributed by atoms with Crippen molar-refractivity contribution in [1.29, 1.82) is 0 Å². The molecule has 2 aromatic heterocycles. The van der Waals surface area contributed by atoms with Gasteiger partial charge in [0.2, 0.25) is 5.89 Å². The van der Waals surface area contributed by atoms with Crippen LogP contribution in [0.5, 0.6) is 0 Å². The molecule has 0 saturated carbocycles. The summed E-state index contributed by atoms with van der Waals surface area (Å²) in [5.41, 5.74) is 4.48. The van der Waals surface area contributed by atoms with Crippen LogP contribution in [-0.2, 0) is 0 Å². The summed E-state index contributed by atoms with van der Waals surface area (Å²) in [6.07, 6.45) is 1.77. The highest BCUT2D eigenvalue weighted by molar-refractivity contribution is 8.00. The lowest BCUT2D eigenvalue weighted by Crippen LogP contribution is -2.09. The molecule has 1 atom stereocenters. The number of aromatic nitrogens is 3. The number of thioether (sulfide) groups is 1. The number of para-hydroxylation sites is 1. The molecular weight excluding hydrogens is 406 g/mol. The first-order chi connectivity index (χ1) is 15.2. The molecule has 0 amide bonds. The van der Waals surface area contributed by atoms with Crippen molar-refractivity contribution in [3.05, 3.63) is 102 Å². The van der Waals surface area contributed by atoms with Gasteiger partial charge >= 0.3 is 0 Å². The van der Waals surface area contributed by atoms with Gasteiger partial charge in [0.15, 0.2) is 5.78 Å². The molecule has 2 heterocycles. The van der Waals surface area contributed by atoms with E-state index in [1.165, 1.54) is 11.8 Å². The Bertz CT molecular complexity index is 1340. The smallest absolute Gasteiger partial charge is 0.277 e. The number of carbonyl (C=O) groups is 1. The standard InChI is InChI=1S/C25H19N3O2S/c1-16-11-13-18(14-12-16)24-27-28-25(30-24)31-23(17-7-3-2-4-8-17)22(29)20-15-26-21-10-6-5-9-19(20)21/h2-15,23,26H,1H3. The number of H-pyrrole nitrogens is 1. The quantitative estimate of drug-likeness (QED) is 0.257. The van der Waals surface area contributed by atoms with Crippen LogP contribution in [0.3, 0.4) is 0 Å². The number of carbonyl (C=O) groups excluding carboxylic acids is 1. The van der Waals surface area contributed by atoms with Crippen LogP contribution in [0, 0.1) is 6.92 Å². The fraction of sp³-hybridized carbons (Fsp3) is 0.0800. The summed E-state index contributed by atoms with van der Waals surface area (Å²) in [6, 6.07) is 25.4. The summed E-state index contributed by atoms with van der Waals surface area (Å²) in [5, 5.41) is 9.13. The molecule has 5 aromatic rings. The van der Waals surface area contributed by atoms with E-state index in [2.05, 4.69) is 15.2 Å². The Hall–Kier alpha value is -3.64. The van der Waals surface area contributed by atoms with Gasteiger partial charge in [0.25, 0.3) is 5.22 Å². The average molecular weight is 426 g/mol. The molecule has 0 spiro atoms. The molecule has 6 heteroatoms. The highest BCUT2D eigenvalue weighted by Gasteiger charge is 2.27. The van der Waals surface area contributed by atoms with Crippen molar-refractivity contribution >= 4 is 28.4 Å². The second-order valence-electron chi connectivity index (χ2n) is 7.26. The van der Waals surface area contributed by atoms with Crippen LogP contribution >= 0.6 is 11.8 Å². The molecule has 3 aromatic carbocycles. The van der Waals surface area contributed by atoms with E-state index in [9.17, 15) is 4.79 Å². The zero-order valence-corrected chi connectivity index (χ0v) is 17.6. The van der Waals surface area contributed by atoms with Gasteiger partial charge < -0.3 is 9.40 Å². The molecule has 5 nitrogen and oxygen atoms in total. The number of ketones is 1. The number of aryl methyl sites for hydroxylation is 1. The number of hydrogen-bond acceptors (Lipinski definition) is 5. The number of nitrogens with one attached hydrogen (secondary N) is 1. The average Bonchev–Trinajstić information content (AvgIpc) is 3.45. The Kier molecular flexibility index (Phi) is 5.14. The maximum atomic E-state index is 13.6. The van der Waals surface area contributed by atoms with Crippen LogP contribution < -0.4 is 0 Å².